The molecule has 0 aliphatic rings. The normalized spacial score (nSPS) is 11.9. The highest BCUT2D eigenvalue weighted by molar-refractivity contribution is 6.33. The number of pyridine rings is 1. The van der Waals surface area contributed by atoms with Crippen LogP contribution < -0.4 is 11.1 Å². The summed E-state index contributed by atoms with van der Waals surface area (Å²) in [6.07, 6.45) is 1.89. The number of anilines is 1. The number of hydrogen-bond acceptors (Lipinski definition) is 4. The van der Waals surface area contributed by atoms with E-state index in [1.165, 1.54) is 12.3 Å². The average molecular weight is 306 g/mol. The molecule has 6 heteroatoms. The van der Waals surface area contributed by atoms with Crippen LogP contribution in [-0.4, -0.2) is 22.6 Å². The lowest BCUT2D eigenvalue weighted by atomic mass is 10.0. The fourth-order valence-corrected chi connectivity index (χ4v) is 2.20. The Labute approximate surface area is 127 Å². The van der Waals surface area contributed by atoms with Crippen LogP contribution in [0.4, 0.5) is 5.82 Å². The van der Waals surface area contributed by atoms with E-state index in [0.717, 1.165) is 5.56 Å². The highest BCUT2D eigenvalue weighted by Crippen LogP contribution is 2.26. The van der Waals surface area contributed by atoms with Gasteiger partial charge in [0.2, 0.25) is 5.91 Å². The summed E-state index contributed by atoms with van der Waals surface area (Å²) in [6.45, 7) is 0.0313. The Morgan fingerprint density at radius 2 is 2.10 bits per heavy atom. The molecule has 0 saturated carbocycles. The Morgan fingerprint density at radius 3 is 2.67 bits per heavy atom. The van der Waals surface area contributed by atoms with Gasteiger partial charge in [0.15, 0.2) is 0 Å². The van der Waals surface area contributed by atoms with Gasteiger partial charge in [0.1, 0.15) is 5.82 Å². The Kier molecular flexibility index (Phi) is 5.14. The number of nitrogens with one attached hydrogen (secondary N) is 1. The van der Waals surface area contributed by atoms with Crippen LogP contribution in [0.3, 0.4) is 0 Å². The molecular weight excluding hydrogens is 290 g/mol. The lowest BCUT2D eigenvalue weighted by Crippen LogP contribution is -2.15. The summed E-state index contributed by atoms with van der Waals surface area (Å²) >= 11 is 6.11. The van der Waals surface area contributed by atoms with Gasteiger partial charge >= 0.3 is 0 Å². The van der Waals surface area contributed by atoms with Gasteiger partial charge in [-0.2, -0.15) is 0 Å². The van der Waals surface area contributed by atoms with Crippen molar-refractivity contribution in [3.8, 4) is 0 Å². The number of aliphatic hydroxyl groups is 1. The minimum absolute atomic E-state index is 0.0313. The summed E-state index contributed by atoms with van der Waals surface area (Å²) in [5.41, 5.74) is 6.45. The molecule has 110 valence electrons. The zero-order valence-electron chi connectivity index (χ0n) is 11.3. The van der Waals surface area contributed by atoms with Crippen LogP contribution in [0.2, 0.25) is 5.02 Å². The van der Waals surface area contributed by atoms with Crippen LogP contribution in [0.1, 0.15) is 28.4 Å². The standard InChI is InChI=1S/C15H16ClN3O2/c16-12-8-11(14(17)21)9-18-15(12)19-13(6-7-20)10-4-2-1-3-5-10/h1-5,8-9,13,20H,6-7H2,(H2,17,21)(H,18,19)/t13-/m0/s1. The van der Waals surface area contributed by atoms with E-state index in [-0.39, 0.29) is 18.2 Å². The van der Waals surface area contributed by atoms with Crippen LogP contribution in [0.5, 0.6) is 0 Å². The number of primary amides is 1. The van der Waals surface area contributed by atoms with Crippen molar-refractivity contribution in [1.29, 1.82) is 0 Å². The molecule has 2 aromatic rings. The summed E-state index contributed by atoms with van der Waals surface area (Å²) in [4.78, 5) is 15.2. The zero-order valence-corrected chi connectivity index (χ0v) is 12.0. The van der Waals surface area contributed by atoms with Crippen molar-refractivity contribution < 1.29 is 9.90 Å². The van der Waals surface area contributed by atoms with E-state index in [9.17, 15) is 9.90 Å². The average Bonchev–Trinajstić information content (AvgIpc) is 2.49. The number of amides is 1. The van der Waals surface area contributed by atoms with Crippen LogP contribution in [-0.2, 0) is 0 Å². The van der Waals surface area contributed by atoms with Crippen molar-refractivity contribution in [3.05, 3.63) is 58.7 Å². The SMILES string of the molecule is NC(=O)c1cnc(N[C@@H](CCO)c2ccccc2)c(Cl)c1. The zero-order chi connectivity index (χ0) is 15.2. The number of carbonyl (C=O) groups excluding carboxylic acids is 1. The lowest BCUT2D eigenvalue weighted by Gasteiger charge is -2.19. The van der Waals surface area contributed by atoms with Crippen LogP contribution >= 0.6 is 11.6 Å². The molecule has 0 unspecified atom stereocenters. The van der Waals surface area contributed by atoms with Gasteiger partial charge in [-0.15, -0.1) is 0 Å². The second-order valence-corrected chi connectivity index (χ2v) is 4.95. The molecule has 21 heavy (non-hydrogen) atoms. The van der Waals surface area contributed by atoms with E-state index in [1.54, 1.807) is 0 Å². The quantitative estimate of drug-likeness (QED) is 0.764. The van der Waals surface area contributed by atoms with Crippen molar-refractivity contribution in [2.24, 2.45) is 5.73 Å². The largest absolute Gasteiger partial charge is 0.396 e. The molecule has 5 nitrogen and oxygen atoms in total. The van der Waals surface area contributed by atoms with Crippen molar-refractivity contribution in [2.75, 3.05) is 11.9 Å². The number of benzene rings is 1. The van der Waals surface area contributed by atoms with Crippen LogP contribution in [0, 0.1) is 0 Å². The van der Waals surface area contributed by atoms with E-state index < -0.39 is 5.91 Å². The second kappa shape index (κ2) is 7.06. The van der Waals surface area contributed by atoms with Gasteiger partial charge < -0.3 is 16.2 Å². The Bertz CT molecular complexity index is 620. The van der Waals surface area contributed by atoms with E-state index in [2.05, 4.69) is 10.3 Å². The monoisotopic (exact) mass is 305 g/mol. The van der Waals surface area contributed by atoms with E-state index in [0.29, 0.717) is 17.3 Å². The molecule has 1 amide bonds. The summed E-state index contributed by atoms with van der Waals surface area (Å²) in [7, 11) is 0. The van der Waals surface area contributed by atoms with Crippen molar-refractivity contribution >= 4 is 23.3 Å². The van der Waals surface area contributed by atoms with E-state index in [4.69, 9.17) is 17.3 Å². The topological polar surface area (TPSA) is 88.2 Å². The third-order valence-corrected chi connectivity index (χ3v) is 3.34. The Balaban J connectivity index is 2.23. The fourth-order valence-electron chi connectivity index (χ4n) is 1.98. The van der Waals surface area contributed by atoms with Gasteiger partial charge in [-0.25, -0.2) is 4.98 Å². The first-order valence-corrected chi connectivity index (χ1v) is 6.87. The predicted octanol–water partition coefficient (Wildman–Crippen LogP) is 2.37. The first-order valence-electron chi connectivity index (χ1n) is 6.49. The third kappa shape index (κ3) is 3.93. The van der Waals surface area contributed by atoms with Gasteiger partial charge in [0.05, 0.1) is 16.6 Å². The molecule has 0 aliphatic heterocycles. The lowest BCUT2D eigenvalue weighted by molar-refractivity contribution is 0.1000. The molecule has 1 atom stereocenters. The highest BCUT2D eigenvalue weighted by Gasteiger charge is 2.14. The smallest absolute Gasteiger partial charge is 0.250 e. The van der Waals surface area contributed by atoms with E-state index in [1.807, 2.05) is 30.3 Å². The molecule has 1 aromatic heterocycles. The molecule has 1 aromatic carbocycles. The number of nitrogens with two attached hydrogens (primary N) is 1. The first kappa shape index (κ1) is 15.3. The highest BCUT2D eigenvalue weighted by atomic mass is 35.5. The molecule has 0 bridgehead atoms. The molecular formula is C15H16ClN3O2. The fraction of sp³-hybridized carbons (Fsp3) is 0.200. The molecule has 0 spiro atoms. The number of aromatic nitrogens is 1. The van der Waals surface area contributed by atoms with Gasteiger partial charge in [-0.1, -0.05) is 41.9 Å². The number of carbonyl (C=O) groups is 1. The summed E-state index contributed by atoms with van der Waals surface area (Å²) in [5, 5.41) is 12.7. The van der Waals surface area contributed by atoms with Gasteiger partial charge in [-0.05, 0) is 18.1 Å². The maximum atomic E-state index is 11.1. The van der Waals surface area contributed by atoms with Crippen molar-refractivity contribution in [1.82, 2.24) is 4.98 Å². The minimum Gasteiger partial charge on any atom is -0.396 e. The molecule has 0 saturated heterocycles. The van der Waals surface area contributed by atoms with Crippen LogP contribution in [0.25, 0.3) is 0 Å². The van der Waals surface area contributed by atoms with Crippen LogP contribution in [0.15, 0.2) is 42.6 Å². The number of aliphatic hydroxyl groups excluding tert-OH is 1. The van der Waals surface area contributed by atoms with Gasteiger partial charge in [0, 0.05) is 12.8 Å². The molecule has 0 radical (unpaired) electrons. The Morgan fingerprint density at radius 1 is 1.38 bits per heavy atom. The van der Waals surface area contributed by atoms with E-state index >= 15 is 0 Å². The van der Waals surface area contributed by atoms with Crippen molar-refractivity contribution in [2.45, 2.75) is 12.5 Å². The number of hydrogen-bond donors (Lipinski definition) is 3. The third-order valence-electron chi connectivity index (χ3n) is 3.06. The number of halogens is 1. The molecule has 2 rings (SSSR count). The summed E-state index contributed by atoms with van der Waals surface area (Å²) in [5.74, 6) is -0.130. The maximum absolute atomic E-state index is 11.1. The molecule has 4 N–H and O–H groups in total. The molecule has 0 fully saturated rings. The summed E-state index contributed by atoms with van der Waals surface area (Å²) < 4.78 is 0. The van der Waals surface area contributed by atoms with Crippen molar-refractivity contribution in [3.63, 3.8) is 0 Å². The number of nitrogens with zero attached hydrogens (tertiary/aromatic N) is 1. The molecule has 1 heterocycles. The molecule has 0 aliphatic carbocycles. The maximum Gasteiger partial charge on any atom is 0.250 e. The Hall–Kier alpha value is -2.11. The summed E-state index contributed by atoms with van der Waals surface area (Å²) in [6, 6.07) is 11.0. The number of rotatable bonds is 6. The first-order chi connectivity index (χ1) is 10.1. The second-order valence-electron chi connectivity index (χ2n) is 4.54. The minimum atomic E-state index is -0.578. The van der Waals surface area contributed by atoms with Gasteiger partial charge in [-0.3, -0.25) is 4.79 Å². The predicted molar refractivity (Wildman–Crippen MR) is 82.3 cm³/mol. The van der Waals surface area contributed by atoms with Gasteiger partial charge in [0.25, 0.3) is 0 Å².